The highest BCUT2D eigenvalue weighted by Crippen LogP contribution is 2.14. The monoisotopic (exact) mass is 253 g/mol. The van der Waals surface area contributed by atoms with E-state index < -0.39 is 11.8 Å². The molecule has 1 aliphatic rings. The summed E-state index contributed by atoms with van der Waals surface area (Å²) >= 11 is 0. The van der Waals surface area contributed by atoms with Crippen molar-refractivity contribution in [3.63, 3.8) is 0 Å². The Bertz CT molecular complexity index is 450. The summed E-state index contributed by atoms with van der Waals surface area (Å²) in [5.41, 5.74) is 0.501. The van der Waals surface area contributed by atoms with Crippen LogP contribution in [0.1, 0.15) is 22.8 Å². The topological polar surface area (TPSA) is 49.8 Å². The van der Waals surface area contributed by atoms with Gasteiger partial charge in [0.2, 0.25) is 0 Å². The number of rotatable bonds is 3. The van der Waals surface area contributed by atoms with Crippen molar-refractivity contribution in [3.8, 4) is 0 Å². The second-order valence-corrected chi connectivity index (χ2v) is 4.54. The van der Waals surface area contributed by atoms with E-state index in [-0.39, 0.29) is 11.7 Å². The SMILES string of the molecule is CC1CN(Cc2ccc(C(=O)O)c(F)c2)CCO1. The van der Waals surface area contributed by atoms with E-state index in [1.54, 1.807) is 6.07 Å². The highest BCUT2D eigenvalue weighted by molar-refractivity contribution is 5.87. The van der Waals surface area contributed by atoms with Gasteiger partial charge in [-0.15, -0.1) is 0 Å². The third-order valence-corrected chi connectivity index (χ3v) is 3.00. The first kappa shape index (κ1) is 13.0. The van der Waals surface area contributed by atoms with Gasteiger partial charge in [0.25, 0.3) is 0 Å². The first-order valence-corrected chi connectivity index (χ1v) is 5.92. The molecule has 0 bridgehead atoms. The maximum Gasteiger partial charge on any atom is 0.338 e. The molecule has 5 heteroatoms. The summed E-state index contributed by atoms with van der Waals surface area (Å²) in [6.07, 6.45) is 0.182. The van der Waals surface area contributed by atoms with Crippen molar-refractivity contribution in [2.45, 2.75) is 19.6 Å². The van der Waals surface area contributed by atoms with E-state index in [0.717, 1.165) is 18.7 Å². The Morgan fingerprint density at radius 3 is 3.00 bits per heavy atom. The Kier molecular flexibility index (Phi) is 3.93. The summed E-state index contributed by atoms with van der Waals surface area (Å²) in [4.78, 5) is 12.9. The Balaban J connectivity index is 2.05. The average molecular weight is 253 g/mol. The molecule has 0 saturated carbocycles. The summed E-state index contributed by atoms with van der Waals surface area (Å²) in [6, 6.07) is 4.27. The Hall–Kier alpha value is -1.46. The van der Waals surface area contributed by atoms with Gasteiger partial charge in [0, 0.05) is 19.6 Å². The lowest BCUT2D eigenvalue weighted by Crippen LogP contribution is -2.40. The summed E-state index contributed by atoms with van der Waals surface area (Å²) in [6.45, 7) is 4.91. The molecule has 1 heterocycles. The lowest BCUT2D eigenvalue weighted by atomic mass is 10.1. The zero-order chi connectivity index (χ0) is 13.1. The van der Waals surface area contributed by atoms with E-state index in [0.29, 0.717) is 13.2 Å². The van der Waals surface area contributed by atoms with Crippen LogP contribution >= 0.6 is 0 Å². The number of hydrogen-bond acceptors (Lipinski definition) is 3. The van der Waals surface area contributed by atoms with Gasteiger partial charge in [0.15, 0.2) is 0 Å². The number of ether oxygens (including phenoxy) is 1. The Labute approximate surface area is 105 Å². The largest absolute Gasteiger partial charge is 0.478 e. The van der Waals surface area contributed by atoms with Crippen LogP contribution in [-0.2, 0) is 11.3 Å². The Morgan fingerprint density at radius 1 is 1.61 bits per heavy atom. The number of aromatic carboxylic acids is 1. The molecule has 1 aliphatic heterocycles. The summed E-state index contributed by atoms with van der Waals surface area (Å²) in [5, 5.41) is 8.75. The van der Waals surface area contributed by atoms with Crippen molar-refractivity contribution >= 4 is 5.97 Å². The van der Waals surface area contributed by atoms with Crippen molar-refractivity contribution in [1.82, 2.24) is 4.90 Å². The van der Waals surface area contributed by atoms with E-state index >= 15 is 0 Å². The van der Waals surface area contributed by atoms with Crippen molar-refractivity contribution in [1.29, 1.82) is 0 Å². The first-order chi connectivity index (χ1) is 8.56. The van der Waals surface area contributed by atoms with Gasteiger partial charge in [-0.3, -0.25) is 4.90 Å². The van der Waals surface area contributed by atoms with E-state index in [2.05, 4.69) is 4.90 Å². The molecule has 0 spiro atoms. The number of carbonyl (C=O) groups is 1. The van der Waals surface area contributed by atoms with Gasteiger partial charge in [-0.2, -0.15) is 0 Å². The first-order valence-electron chi connectivity index (χ1n) is 5.92. The number of benzene rings is 1. The van der Waals surface area contributed by atoms with Crippen LogP contribution in [0.15, 0.2) is 18.2 Å². The zero-order valence-electron chi connectivity index (χ0n) is 10.2. The lowest BCUT2D eigenvalue weighted by molar-refractivity contribution is -0.0212. The van der Waals surface area contributed by atoms with Crippen molar-refractivity contribution in [2.75, 3.05) is 19.7 Å². The van der Waals surface area contributed by atoms with Gasteiger partial charge < -0.3 is 9.84 Å². The molecular formula is C13H16FNO3. The number of carboxylic acid groups (broad SMARTS) is 1. The van der Waals surface area contributed by atoms with Crippen molar-refractivity contribution < 1.29 is 19.0 Å². The normalized spacial score (nSPS) is 20.9. The van der Waals surface area contributed by atoms with Crippen LogP contribution in [-0.4, -0.2) is 41.8 Å². The minimum Gasteiger partial charge on any atom is -0.478 e. The fourth-order valence-corrected chi connectivity index (χ4v) is 2.12. The van der Waals surface area contributed by atoms with Crippen LogP contribution in [0.3, 0.4) is 0 Å². The number of halogens is 1. The molecule has 1 fully saturated rings. The summed E-state index contributed by atoms with van der Waals surface area (Å²) < 4.78 is 18.9. The fraction of sp³-hybridized carbons (Fsp3) is 0.462. The molecule has 1 atom stereocenters. The van der Waals surface area contributed by atoms with Crippen LogP contribution in [0.25, 0.3) is 0 Å². The molecule has 0 amide bonds. The second-order valence-electron chi connectivity index (χ2n) is 4.54. The molecule has 1 aromatic rings. The van der Waals surface area contributed by atoms with Crippen LogP contribution in [0, 0.1) is 5.82 Å². The van der Waals surface area contributed by atoms with Crippen molar-refractivity contribution in [2.24, 2.45) is 0 Å². The van der Waals surface area contributed by atoms with Gasteiger partial charge in [-0.05, 0) is 24.6 Å². The van der Waals surface area contributed by atoms with Gasteiger partial charge >= 0.3 is 5.97 Å². The maximum atomic E-state index is 13.5. The average Bonchev–Trinajstić information content (AvgIpc) is 2.28. The molecule has 0 radical (unpaired) electrons. The van der Waals surface area contributed by atoms with Crippen LogP contribution < -0.4 is 0 Å². The standard InChI is InChI=1S/C13H16FNO3/c1-9-7-15(4-5-18-9)8-10-2-3-11(13(16)17)12(14)6-10/h2-3,6,9H,4-5,7-8H2,1H3,(H,16,17). The van der Waals surface area contributed by atoms with E-state index in [1.807, 2.05) is 6.92 Å². The Morgan fingerprint density at radius 2 is 2.39 bits per heavy atom. The van der Waals surface area contributed by atoms with E-state index in [9.17, 15) is 9.18 Å². The molecule has 1 unspecified atom stereocenters. The molecule has 0 aromatic heterocycles. The number of morpholine rings is 1. The third kappa shape index (κ3) is 3.05. The van der Waals surface area contributed by atoms with E-state index in [4.69, 9.17) is 9.84 Å². The predicted molar refractivity (Wildman–Crippen MR) is 64.1 cm³/mol. The summed E-state index contributed by atoms with van der Waals surface area (Å²) in [7, 11) is 0. The van der Waals surface area contributed by atoms with Crippen molar-refractivity contribution in [3.05, 3.63) is 35.1 Å². The van der Waals surface area contributed by atoms with Gasteiger partial charge in [-0.1, -0.05) is 6.07 Å². The van der Waals surface area contributed by atoms with Gasteiger partial charge in [0.05, 0.1) is 18.3 Å². The highest BCUT2D eigenvalue weighted by atomic mass is 19.1. The summed E-state index contributed by atoms with van der Waals surface area (Å²) in [5.74, 6) is -1.92. The molecule has 18 heavy (non-hydrogen) atoms. The third-order valence-electron chi connectivity index (χ3n) is 3.00. The number of hydrogen-bond donors (Lipinski definition) is 1. The predicted octanol–water partition coefficient (Wildman–Crippen LogP) is 1.74. The lowest BCUT2D eigenvalue weighted by Gasteiger charge is -2.31. The molecule has 0 aliphatic carbocycles. The smallest absolute Gasteiger partial charge is 0.338 e. The van der Waals surface area contributed by atoms with Crippen LogP contribution in [0.4, 0.5) is 4.39 Å². The number of nitrogens with zero attached hydrogens (tertiary/aromatic N) is 1. The molecule has 1 saturated heterocycles. The van der Waals surface area contributed by atoms with E-state index in [1.165, 1.54) is 12.1 Å². The minimum atomic E-state index is -1.24. The molecule has 4 nitrogen and oxygen atoms in total. The molecular weight excluding hydrogens is 237 g/mol. The van der Waals surface area contributed by atoms with Gasteiger partial charge in [0.1, 0.15) is 5.82 Å². The molecule has 1 aromatic carbocycles. The maximum absolute atomic E-state index is 13.5. The fourth-order valence-electron chi connectivity index (χ4n) is 2.12. The second kappa shape index (κ2) is 5.46. The minimum absolute atomic E-state index is 0.182. The molecule has 2 rings (SSSR count). The number of carboxylic acids is 1. The molecule has 98 valence electrons. The quantitative estimate of drug-likeness (QED) is 0.891. The van der Waals surface area contributed by atoms with Crippen LogP contribution in [0.5, 0.6) is 0 Å². The van der Waals surface area contributed by atoms with Crippen LogP contribution in [0.2, 0.25) is 0 Å². The molecule has 1 N–H and O–H groups in total. The zero-order valence-corrected chi connectivity index (χ0v) is 10.2. The van der Waals surface area contributed by atoms with Gasteiger partial charge in [-0.25, -0.2) is 9.18 Å². The highest BCUT2D eigenvalue weighted by Gasteiger charge is 2.17.